The average Bonchev–Trinajstić information content (AvgIpc) is 2.38. The predicted octanol–water partition coefficient (Wildman–Crippen LogP) is 4.11. The molecule has 3 heteroatoms. The van der Waals surface area contributed by atoms with Crippen LogP contribution in [0.25, 0.3) is 0 Å². The summed E-state index contributed by atoms with van der Waals surface area (Å²) in [4.78, 5) is 14.6. The number of ether oxygens (including phenoxy) is 1. The smallest absolute Gasteiger partial charge is 0.323 e. The van der Waals surface area contributed by atoms with Crippen LogP contribution in [0.2, 0.25) is 0 Å². The van der Waals surface area contributed by atoms with E-state index in [1.807, 2.05) is 19.0 Å². The lowest BCUT2D eigenvalue weighted by molar-refractivity contribution is -0.161. The molecule has 0 aromatic rings. The molecule has 21 heavy (non-hydrogen) atoms. The van der Waals surface area contributed by atoms with Gasteiger partial charge in [-0.3, -0.25) is 9.69 Å². The largest absolute Gasteiger partial charge is 0.461 e. The van der Waals surface area contributed by atoms with Crippen molar-refractivity contribution in [2.45, 2.75) is 78.4 Å². The van der Waals surface area contributed by atoms with Crippen LogP contribution in [0.5, 0.6) is 0 Å². The summed E-state index contributed by atoms with van der Waals surface area (Å²) in [7, 11) is 3.95. The standard InChI is InChI=1S/C18H35NO2/c1-7-8-9-16(19(5)6)18(20)21-17-12-14(4)10-11-15(17)13(2)3/h13-17H,7-12H2,1-6H3. The second kappa shape index (κ2) is 8.77. The fraction of sp³-hybridized carbons (Fsp3) is 0.944. The Morgan fingerprint density at radius 2 is 1.95 bits per heavy atom. The Morgan fingerprint density at radius 1 is 1.29 bits per heavy atom. The van der Waals surface area contributed by atoms with Crippen molar-refractivity contribution in [2.24, 2.45) is 17.8 Å². The zero-order chi connectivity index (χ0) is 16.0. The summed E-state index contributed by atoms with van der Waals surface area (Å²) in [5, 5.41) is 0. The minimum Gasteiger partial charge on any atom is -0.461 e. The van der Waals surface area contributed by atoms with Crippen molar-refractivity contribution in [3.63, 3.8) is 0 Å². The third-order valence-electron chi connectivity index (χ3n) is 4.96. The maximum Gasteiger partial charge on any atom is 0.323 e. The Hall–Kier alpha value is -0.570. The van der Waals surface area contributed by atoms with E-state index in [2.05, 4.69) is 27.7 Å². The summed E-state index contributed by atoms with van der Waals surface area (Å²) < 4.78 is 5.98. The lowest BCUT2D eigenvalue weighted by Gasteiger charge is -2.37. The molecule has 0 N–H and O–H groups in total. The second-order valence-corrected chi connectivity index (χ2v) is 7.42. The maximum absolute atomic E-state index is 12.6. The molecule has 1 saturated carbocycles. The summed E-state index contributed by atoms with van der Waals surface area (Å²) in [5.74, 6) is 1.77. The van der Waals surface area contributed by atoms with Crippen LogP contribution in [0.3, 0.4) is 0 Å². The first-order chi connectivity index (χ1) is 9.86. The summed E-state index contributed by atoms with van der Waals surface area (Å²) in [5.41, 5.74) is 0. The van der Waals surface area contributed by atoms with Crippen molar-refractivity contribution < 1.29 is 9.53 Å². The zero-order valence-corrected chi connectivity index (χ0v) is 14.9. The number of nitrogens with zero attached hydrogens (tertiary/aromatic N) is 1. The van der Waals surface area contributed by atoms with Gasteiger partial charge in [-0.25, -0.2) is 0 Å². The fourth-order valence-corrected chi connectivity index (χ4v) is 3.46. The monoisotopic (exact) mass is 297 g/mol. The molecule has 0 aliphatic heterocycles. The molecule has 0 aromatic heterocycles. The van der Waals surface area contributed by atoms with Crippen LogP contribution in [-0.4, -0.2) is 37.1 Å². The zero-order valence-electron chi connectivity index (χ0n) is 14.9. The minimum atomic E-state index is -0.0880. The number of carbonyl (C=O) groups excluding carboxylic acids is 1. The van der Waals surface area contributed by atoms with E-state index in [0.29, 0.717) is 17.8 Å². The van der Waals surface area contributed by atoms with Crippen LogP contribution < -0.4 is 0 Å². The van der Waals surface area contributed by atoms with Crippen molar-refractivity contribution in [1.82, 2.24) is 4.90 Å². The van der Waals surface area contributed by atoms with Gasteiger partial charge in [0.2, 0.25) is 0 Å². The van der Waals surface area contributed by atoms with Gasteiger partial charge >= 0.3 is 5.97 Å². The molecule has 0 amide bonds. The van der Waals surface area contributed by atoms with Crippen LogP contribution >= 0.6 is 0 Å². The van der Waals surface area contributed by atoms with E-state index in [1.165, 1.54) is 12.8 Å². The van der Waals surface area contributed by atoms with Gasteiger partial charge in [-0.15, -0.1) is 0 Å². The van der Waals surface area contributed by atoms with E-state index in [-0.39, 0.29) is 18.1 Å². The van der Waals surface area contributed by atoms with Gasteiger partial charge in [0.05, 0.1) is 0 Å². The number of esters is 1. The lowest BCUT2D eigenvalue weighted by atomic mass is 9.75. The average molecular weight is 297 g/mol. The van der Waals surface area contributed by atoms with Crippen LogP contribution in [0.15, 0.2) is 0 Å². The van der Waals surface area contributed by atoms with Crippen LogP contribution in [0, 0.1) is 17.8 Å². The molecule has 4 atom stereocenters. The highest BCUT2D eigenvalue weighted by atomic mass is 16.5. The molecule has 1 aliphatic rings. The highest BCUT2D eigenvalue weighted by Crippen LogP contribution is 2.35. The van der Waals surface area contributed by atoms with Crippen LogP contribution in [0.1, 0.15) is 66.2 Å². The topological polar surface area (TPSA) is 29.5 Å². The Kier molecular flexibility index (Phi) is 7.72. The van der Waals surface area contributed by atoms with Crippen LogP contribution in [-0.2, 0) is 9.53 Å². The third kappa shape index (κ3) is 5.61. The van der Waals surface area contributed by atoms with Gasteiger partial charge in [0.15, 0.2) is 0 Å². The Labute approximate surface area is 131 Å². The molecule has 0 heterocycles. The van der Waals surface area contributed by atoms with Gasteiger partial charge in [-0.1, -0.05) is 47.0 Å². The highest BCUT2D eigenvalue weighted by Gasteiger charge is 2.35. The normalized spacial score (nSPS) is 27.9. The summed E-state index contributed by atoms with van der Waals surface area (Å²) in [6, 6.07) is -0.0880. The van der Waals surface area contributed by atoms with E-state index in [0.717, 1.165) is 25.7 Å². The molecule has 3 nitrogen and oxygen atoms in total. The van der Waals surface area contributed by atoms with Gasteiger partial charge in [0.1, 0.15) is 12.1 Å². The second-order valence-electron chi connectivity index (χ2n) is 7.42. The third-order valence-corrected chi connectivity index (χ3v) is 4.96. The molecule has 1 rings (SSSR count). The van der Waals surface area contributed by atoms with Gasteiger partial charge in [0.25, 0.3) is 0 Å². The molecule has 0 saturated heterocycles. The lowest BCUT2D eigenvalue weighted by Crippen LogP contribution is -2.42. The first-order valence-corrected chi connectivity index (χ1v) is 8.73. The molecular formula is C18H35NO2. The van der Waals surface area contributed by atoms with Gasteiger partial charge in [0, 0.05) is 0 Å². The first-order valence-electron chi connectivity index (χ1n) is 8.73. The van der Waals surface area contributed by atoms with Gasteiger partial charge < -0.3 is 4.74 Å². The van der Waals surface area contributed by atoms with Crippen molar-refractivity contribution >= 4 is 5.97 Å². The van der Waals surface area contributed by atoms with Crippen molar-refractivity contribution in [3.05, 3.63) is 0 Å². The molecular weight excluding hydrogens is 262 g/mol. The summed E-state index contributed by atoms with van der Waals surface area (Å²) in [6.07, 6.45) is 6.70. The van der Waals surface area contributed by atoms with Gasteiger partial charge in [-0.2, -0.15) is 0 Å². The van der Waals surface area contributed by atoms with Crippen molar-refractivity contribution in [1.29, 1.82) is 0 Å². The Bertz CT molecular complexity index is 314. The fourth-order valence-electron chi connectivity index (χ4n) is 3.46. The quantitative estimate of drug-likeness (QED) is 0.662. The summed E-state index contributed by atoms with van der Waals surface area (Å²) in [6.45, 7) is 8.94. The van der Waals surface area contributed by atoms with E-state index >= 15 is 0 Å². The predicted molar refractivity (Wildman–Crippen MR) is 88.2 cm³/mol. The molecule has 0 bridgehead atoms. The van der Waals surface area contributed by atoms with E-state index in [1.54, 1.807) is 0 Å². The summed E-state index contributed by atoms with van der Waals surface area (Å²) >= 11 is 0. The Morgan fingerprint density at radius 3 is 2.48 bits per heavy atom. The maximum atomic E-state index is 12.6. The number of hydrogen-bond donors (Lipinski definition) is 0. The molecule has 0 aromatic carbocycles. The first kappa shape index (κ1) is 18.5. The molecule has 124 valence electrons. The number of unbranched alkanes of at least 4 members (excludes halogenated alkanes) is 1. The van der Waals surface area contributed by atoms with E-state index < -0.39 is 0 Å². The van der Waals surface area contributed by atoms with E-state index in [4.69, 9.17) is 4.74 Å². The molecule has 1 fully saturated rings. The minimum absolute atomic E-state index is 0.0156. The van der Waals surface area contributed by atoms with Gasteiger partial charge in [-0.05, 0) is 51.1 Å². The Balaban J connectivity index is 2.67. The number of rotatable bonds is 7. The molecule has 1 aliphatic carbocycles. The van der Waals surface area contributed by atoms with Crippen molar-refractivity contribution in [2.75, 3.05) is 14.1 Å². The molecule has 4 unspecified atom stereocenters. The molecule has 0 radical (unpaired) electrons. The SMILES string of the molecule is CCCCC(C(=O)OC1CC(C)CCC1C(C)C)N(C)C. The van der Waals surface area contributed by atoms with Crippen LogP contribution in [0.4, 0.5) is 0 Å². The van der Waals surface area contributed by atoms with Crippen molar-refractivity contribution in [3.8, 4) is 0 Å². The van der Waals surface area contributed by atoms with E-state index in [9.17, 15) is 4.79 Å². The number of hydrogen-bond acceptors (Lipinski definition) is 3. The molecule has 0 spiro atoms. The highest BCUT2D eigenvalue weighted by molar-refractivity contribution is 5.75. The number of carbonyl (C=O) groups is 1. The number of likely N-dealkylation sites (N-methyl/N-ethyl adjacent to an activating group) is 1.